The Labute approximate surface area is 204 Å². The van der Waals surface area contributed by atoms with Gasteiger partial charge in [-0.25, -0.2) is 0 Å². The van der Waals surface area contributed by atoms with E-state index in [-0.39, 0.29) is 5.50 Å². The fourth-order valence-corrected chi connectivity index (χ4v) is 5.14. The van der Waals surface area contributed by atoms with Gasteiger partial charge in [-0.3, -0.25) is 9.69 Å². The Hall–Kier alpha value is -2.76. The van der Waals surface area contributed by atoms with E-state index in [1.54, 1.807) is 6.20 Å². The van der Waals surface area contributed by atoms with E-state index in [1.807, 2.05) is 47.4 Å². The van der Waals surface area contributed by atoms with E-state index in [9.17, 15) is 4.79 Å². The highest BCUT2D eigenvalue weighted by molar-refractivity contribution is 9.10. The number of nitrogens with zero attached hydrogens (tertiary/aromatic N) is 6. The topological polar surface area (TPSA) is 108 Å². The van der Waals surface area contributed by atoms with Crippen molar-refractivity contribution in [3.8, 4) is 5.75 Å². The molecule has 2 aromatic carbocycles. The van der Waals surface area contributed by atoms with Crippen LogP contribution in [0.25, 0.3) is 0 Å². The van der Waals surface area contributed by atoms with Gasteiger partial charge in [-0.15, -0.1) is 10.2 Å². The molecule has 0 saturated heterocycles. The molecule has 0 bridgehead atoms. The average Bonchev–Trinajstić information content (AvgIpc) is 3.48. The molecule has 1 unspecified atom stereocenters. The highest BCUT2D eigenvalue weighted by atomic mass is 79.9. The Kier molecular flexibility index (Phi) is 7.73. The van der Waals surface area contributed by atoms with E-state index in [0.717, 1.165) is 27.9 Å². The third-order valence-electron chi connectivity index (χ3n) is 5.18. The smallest absolute Gasteiger partial charge is 0.256 e. The van der Waals surface area contributed by atoms with Crippen LogP contribution in [0.15, 0.2) is 84.8 Å². The molecule has 9 nitrogen and oxygen atoms in total. The van der Waals surface area contributed by atoms with Crippen LogP contribution in [-0.2, 0) is 17.9 Å². The third kappa shape index (κ3) is 5.98. The summed E-state index contributed by atoms with van der Waals surface area (Å²) < 4.78 is 7.14. The zero-order valence-electron chi connectivity index (χ0n) is 18.0. The molecule has 172 valence electrons. The molecule has 0 radical (unpaired) electrons. The summed E-state index contributed by atoms with van der Waals surface area (Å²) in [4.78, 5) is 16.7. The lowest BCUT2D eigenvalue weighted by atomic mass is 10.2. The third-order valence-corrected chi connectivity index (χ3v) is 7.01. The molecule has 2 heterocycles. The number of rotatable bonds is 10. The lowest BCUT2D eigenvalue weighted by molar-refractivity contribution is -0.113. The standard InChI is InChI=1S/C22H24BrN7O2S/c1-2-29(22-30(12-19(33-22)21(24)31)13-20-25-27-28-26-20)11-16-10-17(23)8-9-18(16)32-14-15-6-4-3-5-7-15/h3-10,12,20,22H,2,11,13-14H2,1H3,(H2,24,31). The van der Waals surface area contributed by atoms with Gasteiger partial charge in [0.1, 0.15) is 17.9 Å². The summed E-state index contributed by atoms with van der Waals surface area (Å²) in [5, 5.41) is 15.2. The minimum atomic E-state index is -0.451. The number of hydrogen-bond donors (Lipinski definition) is 1. The molecule has 2 aromatic rings. The Morgan fingerprint density at radius 2 is 1.97 bits per heavy atom. The number of primary amides is 1. The number of nitrogens with two attached hydrogens (primary N) is 1. The number of ether oxygens (including phenoxy) is 1. The van der Waals surface area contributed by atoms with Crippen molar-refractivity contribution in [3.05, 3.63) is 75.2 Å². The summed E-state index contributed by atoms with van der Waals surface area (Å²) in [7, 11) is 0. The van der Waals surface area contributed by atoms with Gasteiger partial charge in [0.25, 0.3) is 5.91 Å². The van der Waals surface area contributed by atoms with E-state index in [0.29, 0.717) is 24.6 Å². The van der Waals surface area contributed by atoms with E-state index in [2.05, 4.69) is 54.5 Å². The molecule has 0 saturated carbocycles. The molecule has 0 aliphatic carbocycles. The summed E-state index contributed by atoms with van der Waals surface area (Å²) in [5.74, 6) is 0.365. The van der Waals surface area contributed by atoms with E-state index >= 15 is 0 Å². The van der Waals surface area contributed by atoms with E-state index in [1.165, 1.54) is 11.8 Å². The second kappa shape index (κ2) is 10.9. The molecule has 4 rings (SSSR count). The van der Waals surface area contributed by atoms with Gasteiger partial charge in [0, 0.05) is 22.8 Å². The van der Waals surface area contributed by atoms with Gasteiger partial charge in [-0.05, 0) is 40.8 Å². The second-order valence-corrected chi connectivity index (χ2v) is 9.49. The fraction of sp³-hybridized carbons (Fsp3) is 0.318. The van der Waals surface area contributed by atoms with Crippen LogP contribution in [0.2, 0.25) is 0 Å². The van der Waals surface area contributed by atoms with E-state index < -0.39 is 12.1 Å². The first-order chi connectivity index (χ1) is 16.0. The van der Waals surface area contributed by atoms with Gasteiger partial charge in [-0.2, -0.15) is 0 Å². The first-order valence-electron chi connectivity index (χ1n) is 10.5. The summed E-state index contributed by atoms with van der Waals surface area (Å²) in [6, 6.07) is 16.1. The lowest BCUT2D eigenvalue weighted by Crippen LogP contribution is -2.43. The minimum Gasteiger partial charge on any atom is -0.489 e. The molecular formula is C22H24BrN7O2S. The molecule has 2 N–H and O–H groups in total. The van der Waals surface area contributed by atoms with Crippen molar-refractivity contribution in [3.63, 3.8) is 0 Å². The Balaban J connectivity index is 1.52. The molecule has 2 aliphatic rings. The zero-order valence-corrected chi connectivity index (χ0v) is 20.4. The molecule has 1 atom stereocenters. The number of benzene rings is 2. The molecule has 11 heteroatoms. The van der Waals surface area contributed by atoms with Crippen molar-refractivity contribution in [2.75, 3.05) is 13.1 Å². The predicted molar refractivity (Wildman–Crippen MR) is 130 cm³/mol. The molecule has 0 fully saturated rings. The lowest BCUT2D eigenvalue weighted by Gasteiger charge is -2.35. The summed E-state index contributed by atoms with van der Waals surface area (Å²) in [5.41, 5.74) is 7.57. The largest absolute Gasteiger partial charge is 0.489 e. The summed E-state index contributed by atoms with van der Waals surface area (Å²) in [6.07, 6.45) is 1.38. The van der Waals surface area contributed by atoms with Crippen molar-refractivity contribution < 1.29 is 9.53 Å². The monoisotopic (exact) mass is 529 g/mol. The van der Waals surface area contributed by atoms with Crippen molar-refractivity contribution in [1.29, 1.82) is 0 Å². The molecular weight excluding hydrogens is 506 g/mol. The SMILES string of the molecule is CCN(Cc1cc(Br)ccc1OCc1ccccc1)C1SC(C(N)=O)=CN1CC1N=NN=N1. The van der Waals surface area contributed by atoms with Crippen LogP contribution < -0.4 is 10.5 Å². The highest BCUT2D eigenvalue weighted by Crippen LogP contribution is 2.37. The zero-order chi connectivity index (χ0) is 23.2. The van der Waals surface area contributed by atoms with Crippen molar-refractivity contribution in [1.82, 2.24) is 9.80 Å². The fourth-order valence-electron chi connectivity index (χ4n) is 3.54. The molecule has 33 heavy (non-hydrogen) atoms. The summed E-state index contributed by atoms with van der Waals surface area (Å²) >= 11 is 5.00. The van der Waals surface area contributed by atoms with Crippen LogP contribution in [-0.4, -0.2) is 40.5 Å². The predicted octanol–water partition coefficient (Wildman–Crippen LogP) is 4.67. The van der Waals surface area contributed by atoms with Gasteiger partial charge in [0.2, 0.25) is 6.17 Å². The number of carbonyl (C=O) groups excluding carboxylic acids is 1. The maximum Gasteiger partial charge on any atom is 0.256 e. The first-order valence-corrected chi connectivity index (χ1v) is 12.1. The van der Waals surface area contributed by atoms with Gasteiger partial charge >= 0.3 is 0 Å². The molecule has 0 aromatic heterocycles. The Bertz CT molecular complexity index is 1070. The highest BCUT2D eigenvalue weighted by Gasteiger charge is 2.34. The van der Waals surface area contributed by atoms with Gasteiger partial charge < -0.3 is 15.4 Å². The maximum atomic E-state index is 11.9. The van der Waals surface area contributed by atoms with Crippen LogP contribution >= 0.6 is 27.7 Å². The Morgan fingerprint density at radius 3 is 2.67 bits per heavy atom. The van der Waals surface area contributed by atoms with Crippen molar-refractivity contribution in [2.24, 2.45) is 26.4 Å². The normalized spacial score (nSPS) is 17.7. The number of thioether (sulfide) groups is 1. The first kappa shape index (κ1) is 23.4. The van der Waals surface area contributed by atoms with Gasteiger partial charge in [0.15, 0.2) is 0 Å². The second-order valence-electron chi connectivity index (χ2n) is 7.48. The van der Waals surface area contributed by atoms with Crippen LogP contribution in [0.4, 0.5) is 0 Å². The van der Waals surface area contributed by atoms with Gasteiger partial charge in [-0.1, -0.05) is 64.9 Å². The van der Waals surface area contributed by atoms with E-state index in [4.69, 9.17) is 10.5 Å². The summed E-state index contributed by atoms with van der Waals surface area (Å²) in [6.45, 7) is 4.37. The minimum absolute atomic E-state index is 0.149. The molecule has 1 amide bonds. The van der Waals surface area contributed by atoms with Crippen molar-refractivity contribution in [2.45, 2.75) is 31.7 Å². The quantitative estimate of drug-likeness (QED) is 0.481. The maximum absolute atomic E-state index is 11.9. The average molecular weight is 530 g/mol. The number of halogens is 1. The van der Waals surface area contributed by atoms with Crippen molar-refractivity contribution >= 4 is 33.6 Å². The van der Waals surface area contributed by atoms with Crippen LogP contribution in [0.1, 0.15) is 18.1 Å². The Morgan fingerprint density at radius 1 is 1.21 bits per heavy atom. The van der Waals surface area contributed by atoms with Crippen LogP contribution in [0.5, 0.6) is 5.75 Å². The molecule has 0 spiro atoms. The van der Waals surface area contributed by atoms with Crippen LogP contribution in [0, 0.1) is 0 Å². The number of amides is 1. The molecule has 2 aliphatic heterocycles. The number of carbonyl (C=O) groups is 1. The van der Waals surface area contributed by atoms with Gasteiger partial charge in [0.05, 0.1) is 11.4 Å². The number of hydrogen-bond acceptors (Lipinski definition) is 9. The van der Waals surface area contributed by atoms with Crippen LogP contribution in [0.3, 0.4) is 0 Å².